The molecule has 1 aromatic carbocycles. The predicted octanol–water partition coefficient (Wildman–Crippen LogP) is 2.48. The summed E-state index contributed by atoms with van der Waals surface area (Å²) in [5, 5.41) is 0. The van der Waals surface area contributed by atoms with Gasteiger partial charge in [-0.3, -0.25) is 9.59 Å². The molecule has 0 atom stereocenters. The van der Waals surface area contributed by atoms with E-state index in [-0.39, 0.29) is 11.8 Å². The van der Waals surface area contributed by atoms with E-state index in [0.717, 1.165) is 24.5 Å². The first-order chi connectivity index (χ1) is 13.5. The molecule has 0 spiro atoms. The lowest BCUT2D eigenvalue weighted by atomic mass is 10.1. The number of anilines is 1. The van der Waals surface area contributed by atoms with Gasteiger partial charge in [0.25, 0.3) is 0 Å². The number of rotatable bonds is 6. The van der Waals surface area contributed by atoms with Crippen LogP contribution in [0, 0.1) is 6.92 Å². The number of aryl methyl sites for hydroxylation is 1. The maximum atomic E-state index is 12.6. The van der Waals surface area contributed by atoms with Crippen molar-refractivity contribution in [2.45, 2.75) is 26.8 Å². The highest BCUT2D eigenvalue weighted by Crippen LogP contribution is 2.14. The van der Waals surface area contributed by atoms with Crippen molar-refractivity contribution in [3.05, 3.63) is 59.8 Å². The van der Waals surface area contributed by atoms with E-state index < -0.39 is 0 Å². The molecule has 0 bridgehead atoms. The second-order valence-electron chi connectivity index (χ2n) is 7.23. The van der Waals surface area contributed by atoms with Crippen molar-refractivity contribution in [1.29, 1.82) is 0 Å². The molecule has 2 heterocycles. The molecule has 6 heteroatoms. The van der Waals surface area contributed by atoms with Crippen LogP contribution in [0.5, 0.6) is 0 Å². The molecular formula is C22H28N4O2. The summed E-state index contributed by atoms with van der Waals surface area (Å²) < 4.78 is 0. The van der Waals surface area contributed by atoms with Crippen LogP contribution in [0.25, 0.3) is 0 Å². The molecule has 6 nitrogen and oxygen atoms in total. The normalized spacial score (nSPS) is 14.1. The molecule has 1 aromatic heterocycles. The molecule has 0 radical (unpaired) electrons. The van der Waals surface area contributed by atoms with E-state index in [1.807, 2.05) is 54.3 Å². The number of benzene rings is 1. The number of nitrogens with zero attached hydrogens (tertiary/aromatic N) is 4. The van der Waals surface area contributed by atoms with Gasteiger partial charge in [-0.05, 0) is 24.6 Å². The average Bonchev–Trinajstić information content (AvgIpc) is 2.73. The van der Waals surface area contributed by atoms with Crippen molar-refractivity contribution in [3.63, 3.8) is 0 Å². The molecule has 2 aromatic rings. The SMILES string of the molecule is CC(=O)N(CCC(=O)N1CCN(c2ccccn2)CC1)Cc1ccc(C)cc1. The Hall–Kier alpha value is -2.89. The maximum absolute atomic E-state index is 12.6. The molecule has 1 saturated heterocycles. The van der Waals surface area contributed by atoms with Gasteiger partial charge in [-0.1, -0.05) is 35.9 Å². The largest absolute Gasteiger partial charge is 0.353 e. The highest BCUT2D eigenvalue weighted by atomic mass is 16.2. The molecule has 0 unspecified atom stereocenters. The number of carbonyl (C=O) groups is 2. The van der Waals surface area contributed by atoms with Gasteiger partial charge in [0.1, 0.15) is 5.82 Å². The molecular weight excluding hydrogens is 352 g/mol. The summed E-state index contributed by atoms with van der Waals surface area (Å²) in [5.41, 5.74) is 2.27. The Balaban J connectivity index is 1.48. The van der Waals surface area contributed by atoms with E-state index in [1.54, 1.807) is 18.0 Å². The van der Waals surface area contributed by atoms with Crippen molar-refractivity contribution in [3.8, 4) is 0 Å². The summed E-state index contributed by atoms with van der Waals surface area (Å²) in [7, 11) is 0. The summed E-state index contributed by atoms with van der Waals surface area (Å²) >= 11 is 0. The number of carbonyl (C=O) groups excluding carboxylic acids is 2. The van der Waals surface area contributed by atoms with Crippen molar-refractivity contribution in [1.82, 2.24) is 14.8 Å². The molecule has 1 aliphatic rings. The minimum Gasteiger partial charge on any atom is -0.353 e. The van der Waals surface area contributed by atoms with E-state index in [0.29, 0.717) is 32.6 Å². The third kappa shape index (κ3) is 5.31. The van der Waals surface area contributed by atoms with Crippen LogP contribution >= 0.6 is 0 Å². The zero-order chi connectivity index (χ0) is 19.9. The Morgan fingerprint density at radius 2 is 1.75 bits per heavy atom. The van der Waals surface area contributed by atoms with Crippen LogP contribution in [0.2, 0.25) is 0 Å². The number of hydrogen-bond donors (Lipinski definition) is 0. The Morgan fingerprint density at radius 1 is 1.04 bits per heavy atom. The van der Waals surface area contributed by atoms with Crippen molar-refractivity contribution in [2.75, 3.05) is 37.6 Å². The van der Waals surface area contributed by atoms with Gasteiger partial charge in [-0.15, -0.1) is 0 Å². The molecule has 1 aliphatic heterocycles. The second-order valence-corrected chi connectivity index (χ2v) is 7.23. The van der Waals surface area contributed by atoms with Crippen molar-refractivity contribution < 1.29 is 9.59 Å². The number of piperazine rings is 1. The summed E-state index contributed by atoms with van der Waals surface area (Å²) in [6.07, 6.45) is 2.15. The lowest BCUT2D eigenvalue weighted by molar-refractivity contribution is -0.134. The number of pyridine rings is 1. The molecule has 28 heavy (non-hydrogen) atoms. The van der Waals surface area contributed by atoms with E-state index in [2.05, 4.69) is 9.88 Å². The van der Waals surface area contributed by atoms with Crippen LogP contribution in [-0.2, 0) is 16.1 Å². The number of hydrogen-bond acceptors (Lipinski definition) is 4. The monoisotopic (exact) mass is 380 g/mol. The second kappa shape index (κ2) is 9.35. The Labute approximate surface area is 166 Å². The Morgan fingerprint density at radius 3 is 2.36 bits per heavy atom. The molecule has 3 rings (SSSR count). The smallest absolute Gasteiger partial charge is 0.224 e. The van der Waals surface area contributed by atoms with Crippen LogP contribution in [0.1, 0.15) is 24.5 Å². The van der Waals surface area contributed by atoms with Crippen LogP contribution in [0.3, 0.4) is 0 Å². The van der Waals surface area contributed by atoms with Crippen molar-refractivity contribution >= 4 is 17.6 Å². The van der Waals surface area contributed by atoms with Gasteiger partial charge in [0, 0.05) is 58.8 Å². The maximum Gasteiger partial charge on any atom is 0.224 e. The minimum absolute atomic E-state index is 0.00616. The summed E-state index contributed by atoms with van der Waals surface area (Å²) in [5.74, 6) is 1.06. The van der Waals surface area contributed by atoms with Gasteiger partial charge in [0.05, 0.1) is 0 Å². The standard InChI is InChI=1S/C22H28N4O2/c1-18-6-8-20(9-7-18)17-26(19(2)27)12-10-22(28)25-15-13-24(14-16-25)21-5-3-4-11-23-21/h3-9,11H,10,12-17H2,1-2H3. The molecule has 2 amide bonds. The highest BCUT2D eigenvalue weighted by molar-refractivity contribution is 5.78. The van der Waals surface area contributed by atoms with E-state index in [1.165, 1.54) is 5.56 Å². The fraction of sp³-hybridized carbons (Fsp3) is 0.409. The third-order valence-electron chi connectivity index (χ3n) is 5.14. The van der Waals surface area contributed by atoms with Crippen LogP contribution in [-0.4, -0.2) is 59.3 Å². The first-order valence-corrected chi connectivity index (χ1v) is 9.78. The van der Waals surface area contributed by atoms with Gasteiger partial charge >= 0.3 is 0 Å². The number of amides is 2. The molecule has 148 valence electrons. The summed E-state index contributed by atoms with van der Waals surface area (Å²) in [6.45, 7) is 7.52. The van der Waals surface area contributed by atoms with Crippen molar-refractivity contribution in [2.24, 2.45) is 0 Å². The average molecular weight is 380 g/mol. The lowest BCUT2D eigenvalue weighted by Gasteiger charge is -2.35. The minimum atomic E-state index is -0.00616. The molecule has 0 N–H and O–H groups in total. The van der Waals surface area contributed by atoms with Gasteiger partial charge in [-0.25, -0.2) is 4.98 Å². The fourth-order valence-electron chi connectivity index (χ4n) is 3.38. The summed E-state index contributed by atoms with van der Waals surface area (Å²) in [4.78, 5) is 34.8. The van der Waals surface area contributed by atoms with Crippen LogP contribution < -0.4 is 4.90 Å². The quantitative estimate of drug-likeness (QED) is 0.773. The third-order valence-corrected chi connectivity index (χ3v) is 5.14. The lowest BCUT2D eigenvalue weighted by Crippen LogP contribution is -2.49. The van der Waals surface area contributed by atoms with E-state index >= 15 is 0 Å². The van der Waals surface area contributed by atoms with Crippen LogP contribution in [0.4, 0.5) is 5.82 Å². The molecule has 0 aliphatic carbocycles. The molecule has 1 fully saturated rings. The zero-order valence-corrected chi connectivity index (χ0v) is 16.7. The zero-order valence-electron chi connectivity index (χ0n) is 16.7. The first kappa shape index (κ1) is 19.9. The molecule has 0 saturated carbocycles. The Bertz CT molecular complexity index is 784. The predicted molar refractivity (Wildman–Crippen MR) is 110 cm³/mol. The summed E-state index contributed by atoms with van der Waals surface area (Å²) in [6, 6.07) is 14.0. The van der Waals surface area contributed by atoms with Gasteiger partial charge < -0.3 is 14.7 Å². The van der Waals surface area contributed by atoms with Gasteiger partial charge in [0.15, 0.2) is 0 Å². The van der Waals surface area contributed by atoms with Crippen LogP contribution in [0.15, 0.2) is 48.7 Å². The number of aromatic nitrogens is 1. The van der Waals surface area contributed by atoms with E-state index in [9.17, 15) is 9.59 Å². The first-order valence-electron chi connectivity index (χ1n) is 9.78. The topological polar surface area (TPSA) is 56.8 Å². The van der Waals surface area contributed by atoms with E-state index in [4.69, 9.17) is 0 Å². The van der Waals surface area contributed by atoms with Gasteiger partial charge in [-0.2, -0.15) is 0 Å². The Kier molecular flexibility index (Phi) is 6.63. The van der Waals surface area contributed by atoms with Gasteiger partial charge in [0.2, 0.25) is 11.8 Å². The highest BCUT2D eigenvalue weighted by Gasteiger charge is 2.22. The fourth-order valence-corrected chi connectivity index (χ4v) is 3.38.